The number of imidazole rings is 1. The van der Waals surface area contributed by atoms with Crippen molar-refractivity contribution in [2.24, 2.45) is 0 Å². The first kappa shape index (κ1) is 9.03. The molecular weight excluding hydrogens is 258 g/mol. The molecule has 0 saturated heterocycles. The Morgan fingerprint density at radius 2 is 2.33 bits per heavy atom. The lowest BCUT2D eigenvalue weighted by Crippen LogP contribution is -2.03. The first-order valence-corrected chi connectivity index (χ1v) is 5.63. The van der Waals surface area contributed by atoms with E-state index in [1.807, 2.05) is 16.7 Å². The summed E-state index contributed by atoms with van der Waals surface area (Å²) in [7, 11) is 0. The van der Waals surface area contributed by atoms with Gasteiger partial charge < -0.3 is 15.0 Å². The second kappa shape index (κ2) is 3.13. The average Bonchev–Trinajstić information content (AvgIpc) is 2.39. The van der Waals surface area contributed by atoms with Gasteiger partial charge in [-0.1, -0.05) is 15.9 Å². The highest BCUT2D eigenvalue weighted by Crippen LogP contribution is 2.33. The Kier molecular flexibility index (Phi) is 1.88. The SMILES string of the molecule is Nc1nc2cc(Br)cc3c2n1CCCO3. The monoisotopic (exact) mass is 267 g/mol. The molecular formula is C10H10BrN3O. The Bertz CT molecular complexity index is 535. The van der Waals surface area contributed by atoms with Gasteiger partial charge in [0, 0.05) is 11.0 Å². The largest absolute Gasteiger partial charge is 0.491 e. The minimum atomic E-state index is 0.565. The third kappa shape index (κ3) is 1.30. The summed E-state index contributed by atoms with van der Waals surface area (Å²) < 4.78 is 8.66. The molecule has 78 valence electrons. The number of hydrogen-bond acceptors (Lipinski definition) is 3. The molecule has 0 aliphatic carbocycles. The molecule has 0 bridgehead atoms. The third-order valence-corrected chi connectivity index (χ3v) is 3.04. The number of halogens is 1. The lowest BCUT2D eigenvalue weighted by atomic mass is 10.3. The molecule has 1 aliphatic rings. The van der Waals surface area contributed by atoms with Gasteiger partial charge in [0.2, 0.25) is 5.95 Å². The van der Waals surface area contributed by atoms with E-state index in [0.717, 1.165) is 40.8 Å². The molecule has 0 amide bonds. The molecule has 4 nitrogen and oxygen atoms in total. The predicted octanol–water partition coefficient (Wildman–Crippen LogP) is 2.16. The second-order valence-electron chi connectivity index (χ2n) is 3.60. The molecule has 2 N–H and O–H groups in total. The first-order valence-electron chi connectivity index (χ1n) is 4.84. The van der Waals surface area contributed by atoms with Crippen molar-refractivity contribution >= 4 is 32.9 Å². The topological polar surface area (TPSA) is 53.1 Å². The third-order valence-electron chi connectivity index (χ3n) is 2.58. The summed E-state index contributed by atoms with van der Waals surface area (Å²) in [6, 6.07) is 3.92. The number of aryl methyl sites for hydroxylation is 1. The number of benzene rings is 1. The van der Waals surface area contributed by atoms with E-state index in [1.165, 1.54) is 0 Å². The zero-order valence-corrected chi connectivity index (χ0v) is 9.62. The number of nitrogens with two attached hydrogens (primary N) is 1. The zero-order chi connectivity index (χ0) is 10.4. The highest BCUT2D eigenvalue weighted by molar-refractivity contribution is 9.10. The first-order chi connectivity index (χ1) is 7.25. The van der Waals surface area contributed by atoms with Crippen LogP contribution in [0.15, 0.2) is 16.6 Å². The highest BCUT2D eigenvalue weighted by atomic mass is 79.9. The van der Waals surface area contributed by atoms with Crippen molar-refractivity contribution in [1.29, 1.82) is 0 Å². The Morgan fingerprint density at radius 1 is 1.47 bits per heavy atom. The van der Waals surface area contributed by atoms with Gasteiger partial charge in [0.1, 0.15) is 11.3 Å². The van der Waals surface area contributed by atoms with Crippen molar-refractivity contribution in [2.45, 2.75) is 13.0 Å². The summed E-state index contributed by atoms with van der Waals surface area (Å²) in [5.41, 5.74) is 7.76. The standard InChI is InChI=1S/C10H10BrN3O/c11-6-4-7-9-8(5-6)15-3-1-2-14(9)10(12)13-7/h4-5H,1-3H2,(H2,12,13). The molecule has 1 aromatic heterocycles. The van der Waals surface area contributed by atoms with Crippen molar-refractivity contribution < 1.29 is 4.74 Å². The minimum Gasteiger partial charge on any atom is -0.491 e. The second-order valence-corrected chi connectivity index (χ2v) is 4.51. The summed E-state index contributed by atoms with van der Waals surface area (Å²) in [5, 5.41) is 0. The molecule has 1 aliphatic heterocycles. The van der Waals surface area contributed by atoms with Crippen LogP contribution in [0.2, 0.25) is 0 Å². The molecule has 0 unspecified atom stereocenters. The van der Waals surface area contributed by atoms with Gasteiger partial charge in [-0.2, -0.15) is 0 Å². The average molecular weight is 268 g/mol. The summed E-state index contributed by atoms with van der Waals surface area (Å²) in [6.07, 6.45) is 0.960. The Balaban J connectivity index is 2.42. The van der Waals surface area contributed by atoms with Crippen molar-refractivity contribution in [1.82, 2.24) is 9.55 Å². The lowest BCUT2D eigenvalue weighted by Gasteiger charge is -2.04. The highest BCUT2D eigenvalue weighted by Gasteiger charge is 2.16. The van der Waals surface area contributed by atoms with Crippen LogP contribution in [-0.2, 0) is 6.54 Å². The van der Waals surface area contributed by atoms with Gasteiger partial charge in [-0.15, -0.1) is 0 Å². The van der Waals surface area contributed by atoms with E-state index in [-0.39, 0.29) is 0 Å². The van der Waals surface area contributed by atoms with Gasteiger partial charge in [-0.05, 0) is 18.6 Å². The van der Waals surface area contributed by atoms with Gasteiger partial charge in [0.05, 0.1) is 12.1 Å². The van der Waals surface area contributed by atoms with Crippen LogP contribution in [0.25, 0.3) is 11.0 Å². The number of anilines is 1. The molecule has 0 fully saturated rings. The summed E-state index contributed by atoms with van der Waals surface area (Å²) in [5.74, 6) is 1.43. The maximum Gasteiger partial charge on any atom is 0.201 e. The quantitative estimate of drug-likeness (QED) is 0.796. The van der Waals surface area contributed by atoms with Crippen LogP contribution in [0.5, 0.6) is 5.75 Å². The molecule has 5 heteroatoms. The molecule has 0 spiro atoms. The lowest BCUT2D eigenvalue weighted by molar-refractivity contribution is 0.315. The van der Waals surface area contributed by atoms with Gasteiger partial charge >= 0.3 is 0 Å². The van der Waals surface area contributed by atoms with E-state index in [1.54, 1.807) is 0 Å². The van der Waals surface area contributed by atoms with Crippen LogP contribution < -0.4 is 10.5 Å². The van der Waals surface area contributed by atoms with Crippen LogP contribution >= 0.6 is 15.9 Å². The van der Waals surface area contributed by atoms with Crippen LogP contribution in [-0.4, -0.2) is 16.2 Å². The number of ether oxygens (including phenoxy) is 1. The molecule has 1 aromatic carbocycles. The van der Waals surface area contributed by atoms with Crippen molar-refractivity contribution in [2.75, 3.05) is 12.3 Å². The molecule has 2 heterocycles. The van der Waals surface area contributed by atoms with Crippen molar-refractivity contribution in [3.8, 4) is 5.75 Å². The van der Waals surface area contributed by atoms with Crippen molar-refractivity contribution in [3.63, 3.8) is 0 Å². The van der Waals surface area contributed by atoms with E-state index in [0.29, 0.717) is 5.95 Å². The number of nitrogens with zero attached hydrogens (tertiary/aromatic N) is 2. The predicted molar refractivity (Wildman–Crippen MR) is 62.0 cm³/mol. The van der Waals surface area contributed by atoms with E-state index in [9.17, 15) is 0 Å². The van der Waals surface area contributed by atoms with E-state index >= 15 is 0 Å². The molecule has 0 saturated carbocycles. The van der Waals surface area contributed by atoms with Crippen LogP contribution in [0.4, 0.5) is 5.95 Å². The van der Waals surface area contributed by atoms with E-state index in [2.05, 4.69) is 20.9 Å². The molecule has 15 heavy (non-hydrogen) atoms. The van der Waals surface area contributed by atoms with Crippen LogP contribution in [0.3, 0.4) is 0 Å². The smallest absolute Gasteiger partial charge is 0.201 e. The number of rotatable bonds is 0. The molecule has 0 radical (unpaired) electrons. The van der Waals surface area contributed by atoms with Gasteiger partial charge in [0.25, 0.3) is 0 Å². The normalized spacial score (nSPS) is 15.0. The maximum absolute atomic E-state index is 5.87. The van der Waals surface area contributed by atoms with Gasteiger partial charge in [0.15, 0.2) is 0 Å². The minimum absolute atomic E-state index is 0.565. The van der Waals surface area contributed by atoms with Crippen molar-refractivity contribution in [3.05, 3.63) is 16.6 Å². The Hall–Kier alpha value is -1.23. The Morgan fingerprint density at radius 3 is 3.20 bits per heavy atom. The molecule has 0 atom stereocenters. The van der Waals surface area contributed by atoms with Gasteiger partial charge in [-0.3, -0.25) is 0 Å². The van der Waals surface area contributed by atoms with E-state index < -0.39 is 0 Å². The van der Waals surface area contributed by atoms with Crippen LogP contribution in [0, 0.1) is 0 Å². The summed E-state index contributed by atoms with van der Waals surface area (Å²) >= 11 is 3.44. The van der Waals surface area contributed by atoms with Gasteiger partial charge in [-0.25, -0.2) is 4.98 Å². The Labute approximate surface area is 95.2 Å². The number of hydrogen-bond donors (Lipinski definition) is 1. The molecule has 3 rings (SSSR count). The zero-order valence-electron chi connectivity index (χ0n) is 8.03. The molecule has 2 aromatic rings. The summed E-state index contributed by atoms with van der Waals surface area (Å²) in [6.45, 7) is 1.60. The summed E-state index contributed by atoms with van der Waals surface area (Å²) in [4.78, 5) is 4.32. The van der Waals surface area contributed by atoms with Crippen LogP contribution in [0.1, 0.15) is 6.42 Å². The van der Waals surface area contributed by atoms with E-state index in [4.69, 9.17) is 10.5 Å². The maximum atomic E-state index is 5.87. The fourth-order valence-electron chi connectivity index (χ4n) is 1.96. The fourth-order valence-corrected chi connectivity index (χ4v) is 2.38. The number of nitrogen functional groups attached to an aromatic ring is 1. The fraction of sp³-hybridized carbons (Fsp3) is 0.300. The number of aromatic nitrogens is 2.